The van der Waals surface area contributed by atoms with E-state index in [2.05, 4.69) is 5.32 Å². The number of aryl methyl sites for hydroxylation is 1. The maximum absolute atomic E-state index is 11.7. The standard InChI is InChI=1S/C10H13NO4S/c1-7-2-4-15-9(7)10(12)11-8-3-5-16(13,14)6-8/h2,4,8H,3,5-6H2,1H3,(H,11,12). The average molecular weight is 243 g/mol. The molecule has 2 heterocycles. The lowest BCUT2D eigenvalue weighted by atomic mass is 10.2. The van der Waals surface area contributed by atoms with Crippen molar-refractivity contribution in [3.05, 3.63) is 23.7 Å². The molecule has 1 aromatic rings. The Morgan fingerprint density at radius 2 is 2.31 bits per heavy atom. The molecule has 1 aliphatic rings. The highest BCUT2D eigenvalue weighted by molar-refractivity contribution is 7.91. The highest BCUT2D eigenvalue weighted by Crippen LogP contribution is 2.13. The first-order valence-corrected chi connectivity index (χ1v) is 6.85. The van der Waals surface area contributed by atoms with Crippen LogP contribution in [0, 0.1) is 6.92 Å². The molecule has 0 radical (unpaired) electrons. The van der Waals surface area contributed by atoms with Crippen LogP contribution in [0.25, 0.3) is 0 Å². The summed E-state index contributed by atoms with van der Waals surface area (Å²) in [5.41, 5.74) is 0.748. The second-order valence-corrected chi connectivity index (χ2v) is 6.23. The van der Waals surface area contributed by atoms with Crippen LogP contribution in [0.2, 0.25) is 0 Å². The fourth-order valence-electron chi connectivity index (χ4n) is 1.77. The minimum absolute atomic E-state index is 0.0263. The number of carbonyl (C=O) groups is 1. The topological polar surface area (TPSA) is 76.4 Å². The number of hydrogen-bond donors (Lipinski definition) is 1. The van der Waals surface area contributed by atoms with Gasteiger partial charge in [-0.2, -0.15) is 0 Å². The molecule has 0 aromatic carbocycles. The van der Waals surface area contributed by atoms with E-state index >= 15 is 0 Å². The molecule has 2 rings (SSSR count). The molecule has 0 saturated carbocycles. The summed E-state index contributed by atoms with van der Waals surface area (Å²) in [4.78, 5) is 11.7. The molecule has 88 valence electrons. The van der Waals surface area contributed by atoms with Crippen molar-refractivity contribution in [2.45, 2.75) is 19.4 Å². The zero-order chi connectivity index (χ0) is 11.8. The van der Waals surface area contributed by atoms with E-state index in [-0.39, 0.29) is 29.2 Å². The van der Waals surface area contributed by atoms with E-state index in [0.717, 1.165) is 5.56 Å². The summed E-state index contributed by atoms with van der Waals surface area (Å²) in [6.45, 7) is 1.77. The van der Waals surface area contributed by atoms with Gasteiger partial charge >= 0.3 is 0 Å². The number of furan rings is 1. The van der Waals surface area contributed by atoms with Gasteiger partial charge in [-0.3, -0.25) is 4.79 Å². The summed E-state index contributed by atoms with van der Waals surface area (Å²) >= 11 is 0. The van der Waals surface area contributed by atoms with Gasteiger partial charge in [0.1, 0.15) is 0 Å². The monoisotopic (exact) mass is 243 g/mol. The molecule has 1 fully saturated rings. The second-order valence-electron chi connectivity index (χ2n) is 4.01. The molecule has 1 aliphatic heterocycles. The van der Waals surface area contributed by atoms with Gasteiger partial charge in [-0.25, -0.2) is 8.42 Å². The molecule has 6 heteroatoms. The number of rotatable bonds is 2. The lowest BCUT2D eigenvalue weighted by molar-refractivity contribution is 0.0912. The zero-order valence-corrected chi connectivity index (χ0v) is 9.71. The second kappa shape index (κ2) is 3.93. The third-order valence-corrected chi connectivity index (χ3v) is 4.40. The molecule has 0 spiro atoms. The Morgan fingerprint density at radius 3 is 2.81 bits per heavy atom. The highest BCUT2D eigenvalue weighted by atomic mass is 32.2. The molecule has 16 heavy (non-hydrogen) atoms. The van der Waals surface area contributed by atoms with Crippen LogP contribution in [0.5, 0.6) is 0 Å². The van der Waals surface area contributed by atoms with Crippen LogP contribution in [0.4, 0.5) is 0 Å². The number of sulfone groups is 1. The normalized spacial score (nSPS) is 23.2. The van der Waals surface area contributed by atoms with Crippen LogP contribution < -0.4 is 5.32 Å². The van der Waals surface area contributed by atoms with Crippen molar-refractivity contribution in [2.75, 3.05) is 11.5 Å². The highest BCUT2D eigenvalue weighted by Gasteiger charge is 2.29. The van der Waals surface area contributed by atoms with Crippen LogP contribution in [0.1, 0.15) is 22.5 Å². The summed E-state index contributed by atoms with van der Waals surface area (Å²) < 4.78 is 27.4. The molecule has 1 saturated heterocycles. The van der Waals surface area contributed by atoms with Gasteiger partial charge in [0.25, 0.3) is 5.91 Å². The van der Waals surface area contributed by atoms with Crippen LogP contribution in [-0.2, 0) is 9.84 Å². The molecule has 0 bridgehead atoms. The molecule has 0 aliphatic carbocycles. The summed E-state index contributed by atoms with van der Waals surface area (Å²) in [6, 6.07) is 1.40. The minimum Gasteiger partial charge on any atom is -0.459 e. The molecule has 1 aromatic heterocycles. The van der Waals surface area contributed by atoms with E-state index in [0.29, 0.717) is 6.42 Å². The van der Waals surface area contributed by atoms with E-state index in [9.17, 15) is 13.2 Å². The van der Waals surface area contributed by atoms with Gasteiger partial charge < -0.3 is 9.73 Å². The summed E-state index contributed by atoms with van der Waals surface area (Å²) in [5.74, 6) is 0.0852. The van der Waals surface area contributed by atoms with Crippen molar-refractivity contribution in [1.82, 2.24) is 5.32 Å². The van der Waals surface area contributed by atoms with Gasteiger partial charge in [-0.15, -0.1) is 0 Å². The largest absolute Gasteiger partial charge is 0.459 e. The lowest BCUT2D eigenvalue weighted by Gasteiger charge is -2.09. The number of nitrogens with one attached hydrogen (secondary N) is 1. The summed E-state index contributed by atoms with van der Waals surface area (Å²) in [6.07, 6.45) is 1.92. The van der Waals surface area contributed by atoms with E-state index < -0.39 is 9.84 Å². The molecule has 1 N–H and O–H groups in total. The smallest absolute Gasteiger partial charge is 0.287 e. The van der Waals surface area contributed by atoms with Crippen molar-refractivity contribution < 1.29 is 17.6 Å². The Morgan fingerprint density at radius 1 is 1.56 bits per heavy atom. The molecule has 5 nitrogen and oxygen atoms in total. The lowest BCUT2D eigenvalue weighted by Crippen LogP contribution is -2.35. The van der Waals surface area contributed by atoms with Gasteiger partial charge in [0, 0.05) is 11.6 Å². The predicted molar refractivity (Wildman–Crippen MR) is 58.0 cm³/mol. The number of amides is 1. The molecule has 1 unspecified atom stereocenters. The van der Waals surface area contributed by atoms with E-state index in [1.807, 2.05) is 0 Å². The Balaban J connectivity index is 2.02. The van der Waals surface area contributed by atoms with Crippen LogP contribution >= 0.6 is 0 Å². The molecular formula is C10H13NO4S. The fraction of sp³-hybridized carbons (Fsp3) is 0.500. The molecule has 1 amide bonds. The Labute approximate surface area is 93.7 Å². The number of hydrogen-bond acceptors (Lipinski definition) is 4. The molecule has 1 atom stereocenters. The fourth-order valence-corrected chi connectivity index (χ4v) is 3.44. The van der Waals surface area contributed by atoms with Crippen molar-refractivity contribution in [2.24, 2.45) is 0 Å². The van der Waals surface area contributed by atoms with E-state index in [1.165, 1.54) is 6.26 Å². The summed E-state index contributed by atoms with van der Waals surface area (Å²) in [7, 11) is -2.97. The van der Waals surface area contributed by atoms with Crippen molar-refractivity contribution >= 4 is 15.7 Å². The van der Waals surface area contributed by atoms with Crippen molar-refractivity contribution in [3.8, 4) is 0 Å². The Hall–Kier alpha value is -1.30. The minimum atomic E-state index is -2.97. The Kier molecular flexibility index (Phi) is 2.75. The third-order valence-electron chi connectivity index (χ3n) is 2.64. The van der Waals surface area contributed by atoms with Gasteiger partial charge in [-0.1, -0.05) is 0 Å². The van der Waals surface area contributed by atoms with Crippen LogP contribution in [0.3, 0.4) is 0 Å². The van der Waals surface area contributed by atoms with Crippen LogP contribution in [-0.4, -0.2) is 31.9 Å². The summed E-state index contributed by atoms with van der Waals surface area (Å²) in [5, 5.41) is 2.67. The Bertz CT molecular complexity index is 503. The molecular weight excluding hydrogens is 230 g/mol. The quantitative estimate of drug-likeness (QED) is 0.820. The SMILES string of the molecule is Cc1ccoc1C(=O)NC1CCS(=O)(=O)C1. The first-order valence-electron chi connectivity index (χ1n) is 5.03. The van der Waals surface area contributed by atoms with Gasteiger partial charge in [0.2, 0.25) is 0 Å². The van der Waals surface area contributed by atoms with Gasteiger partial charge in [0.15, 0.2) is 15.6 Å². The first kappa shape index (κ1) is 11.2. The first-order chi connectivity index (χ1) is 7.48. The third kappa shape index (κ3) is 2.27. The van der Waals surface area contributed by atoms with Gasteiger partial charge in [0.05, 0.1) is 17.8 Å². The van der Waals surface area contributed by atoms with Crippen molar-refractivity contribution in [3.63, 3.8) is 0 Å². The van der Waals surface area contributed by atoms with Crippen molar-refractivity contribution in [1.29, 1.82) is 0 Å². The number of carbonyl (C=O) groups excluding carboxylic acids is 1. The van der Waals surface area contributed by atoms with E-state index in [1.54, 1.807) is 13.0 Å². The maximum Gasteiger partial charge on any atom is 0.287 e. The maximum atomic E-state index is 11.7. The predicted octanol–water partition coefficient (Wildman–Crippen LogP) is 0.505. The zero-order valence-electron chi connectivity index (χ0n) is 8.89. The van der Waals surface area contributed by atoms with Crippen LogP contribution in [0.15, 0.2) is 16.7 Å². The van der Waals surface area contributed by atoms with Gasteiger partial charge in [-0.05, 0) is 19.4 Å². The van der Waals surface area contributed by atoms with E-state index in [4.69, 9.17) is 4.42 Å². The average Bonchev–Trinajstić information content (AvgIpc) is 2.72.